The number of hydrogen-bond donors (Lipinski definition) is 3. The Labute approximate surface area is 126 Å². The topological polar surface area (TPSA) is 86.6 Å². The third-order valence-electron chi connectivity index (χ3n) is 4.51. The summed E-state index contributed by atoms with van der Waals surface area (Å²) in [6, 6.07) is -1.05. The maximum absolute atomic E-state index is 12.9. The second-order valence-electron chi connectivity index (χ2n) is 6.00. The normalized spacial score (nSPS) is 32.4. The Morgan fingerprint density at radius 2 is 2.09 bits per heavy atom. The van der Waals surface area contributed by atoms with E-state index in [1.165, 1.54) is 12.2 Å². The Hall–Kier alpha value is -1.76. The highest BCUT2D eigenvalue weighted by atomic mass is 19.3. The first-order chi connectivity index (χ1) is 10.3. The summed E-state index contributed by atoms with van der Waals surface area (Å²) >= 11 is 0. The second-order valence-corrected chi connectivity index (χ2v) is 6.00. The van der Waals surface area contributed by atoms with E-state index >= 15 is 0 Å². The van der Waals surface area contributed by atoms with Crippen LogP contribution in [0.3, 0.4) is 0 Å². The summed E-state index contributed by atoms with van der Waals surface area (Å²) in [4.78, 5) is 23.1. The van der Waals surface area contributed by atoms with Crippen LogP contribution in [0, 0.1) is 11.3 Å². The SMILES string of the molecule is CC1=CC(C(=O)O)([C@@H]2CCN[C@@H](C(F)F)C2)CC(C(=O)O)=C1. The van der Waals surface area contributed by atoms with Crippen molar-refractivity contribution in [3.05, 3.63) is 23.3 Å². The molecular weight excluding hydrogens is 296 g/mol. The highest BCUT2D eigenvalue weighted by Crippen LogP contribution is 2.46. The number of carboxylic acids is 2. The van der Waals surface area contributed by atoms with Crippen LogP contribution in [0.25, 0.3) is 0 Å². The van der Waals surface area contributed by atoms with Crippen molar-refractivity contribution in [3.8, 4) is 0 Å². The molecule has 1 aliphatic carbocycles. The maximum atomic E-state index is 12.9. The highest BCUT2D eigenvalue weighted by Gasteiger charge is 2.49. The minimum atomic E-state index is -2.57. The average molecular weight is 315 g/mol. The molecule has 7 heteroatoms. The van der Waals surface area contributed by atoms with Crippen LogP contribution in [-0.2, 0) is 9.59 Å². The average Bonchev–Trinajstić information content (AvgIpc) is 2.46. The largest absolute Gasteiger partial charge is 0.481 e. The molecule has 1 aliphatic heterocycles. The number of alkyl halides is 2. The third kappa shape index (κ3) is 3.04. The van der Waals surface area contributed by atoms with E-state index in [-0.39, 0.29) is 18.4 Å². The standard InChI is InChI=1S/C15H19F2NO4/c1-8-4-9(13(19)20)7-15(6-8,14(21)22)10-2-3-18-11(5-10)12(16)17/h4,6,10-12,18H,2-3,5,7H2,1H3,(H,19,20)(H,21,22)/t10-,11-,15?/m1/s1. The predicted octanol–water partition coefficient (Wildman–Crippen LogP) is 2.05. The van der Waals surface area contributed by atoms with E-state index in [0.29, 0.717) is 18.5 Å². The van der Waals surface area contributed by atoms with Crippen molar-refractivity contribution in [3.63, 3.8) is 0 Å². The van der Waals surface area contributed by atoms with Crippen molar-refractivity contribution in [1.82, 2.24) is 5.32 Å². The lowest BCUT2D eigenvalue weighted by Gasteiger charge is -2.41. The van der Waals surface area contributed by atoms with Crippen molar-refractivity contribution >= 4 is 11.9 Å². The van der Waals surface area contributed by atoms with Gasteiger partial charge in [-0.3, -0.25) is 4.79 Å². The van der Waals surface area contributed by atoms with Crippen LogP contribution in [0.4, 0.5) is 8.78 Å². The number of allylic oxidation sites excluding steroid dienone is 2. The fourth-order valence-corrected chi connectivity index (χ4v) is 3.46. The summed E-state index contributed by atoms with van der Waals surface area (Å²) < 4.78 is 25.9. The lowest BCUT2D eigenvalue weighted by Crippen LogP contribution is -2.50. The zero-order valence-corrected chi connectivity index (χ0v) is 12.2. The molecule has 22 heavy (non-hydrogen) atoms. The van der Waals surface area contributed by atoms with E-state index in [2.05, 4.69) is 5.32 Å². The molecule has 5 nitrogen and oxygen atoms in total. The van der Waals surface area contributed by atoms with E-state index in [4.69, 9.17) is 0 Å². The lowest BCUT2D eigenvalue weighted by atomic mass is 9.64. The smallest absolute Gasteiger partial charge is 0.331 e. The quantitative estimate of drug-likeness (QED) is 0.739. The Kier molecular flexibility index (Phi) is 4.65. The molecule has 1 unspecified atom stereocenters. The summed E-state index contributed by atoms with van der Waals surface area (Å²) in [7, 11) is 0. The van der Waals surface area contributed by atoms with Crippen molar-refractivity contribution < 1.29 is 28.6 Å². The minimum Gasteiger partial charge on any atom is -0.481 e. The number of hydrogen-bond acceptors (Lipinski definition) is 3. The molecule has 0 spiro atoms. The van der Waals surface area contributed by atoms with Gasteiger partial charge in [-0.05, 0) is 44.7 Å². The molecule has 3 atom stereocenters. The van der Waals surface area contributed by atoms with Gasteiger partial charge in [0, 0.05) is 5.57 Å². The fraction of sp³-hybridized carbons (Fsp3) is 0.600. The number of halogens is 2. The Morgan fingerprint density at radius 1 is 1.41 bits per heavy atom. The summed E-state index contributed by atoms with van der Waals surface area (Å²) in [6.07, 6.45) is 0.662. The highest BCUT2D eigenvalue weighted by molar-refractivity contribution is 5.90. The number of rotatable bonds is 4. The van der Waals surface area contributed by atoms with Gasteiger partial charge >= 0.3 is 11.9 Å². The fourth-order valence-electron chi connectivity index (χ4n) is 3.46. The van der Waals surface area contributed by atoms with E-state index < -0.39 is 35.7 Å². The number of aliphatic carboxylic acids is 2. The Bertz CT molecular complexity index is 544. The van der Waals surface area contributed by atoms with Crippen LogP contribution in [0.15, 0.2) is 23.3 Å². The van der Waals surface area contributed by atoms with Gasteiger partial charge in [-0.25, -0.2) is 13.6 Å². The molecule has 0 aromatic carbocycles. The maximum Gasteiger partial charge on any atom is 0.331 e. The molecule has 0 bridgehead atoms. The van der Waals surface area contributed by atoms with Crippen molar-refractivity contribution in [2.24, 2.45) is 11.3 Å². The Morgan fingerprint density at radius 3 is 2.64 bits per heavy atom. The molecule has 0 aromatic heterocycles. The van der Waals surface area contributed by atoms with Crippen LogP contribution in [-0.4, -0.2) is 41.2 Å². The first-order valence-electron chi connectivity index (χ1n) is 7.14. The third-order valence-corrected chi connectivity index (χ3v) is 4.51. The van der Waals surface area contributed by atoms with Crippen LogP contribution >= 0.6 is 0 Å². The minimum absolute atomic E-state index is 0.00882. The van der Waals surface area contributed by atoms with Gasteiger partial charge in [0.05, 0.1) is 11.5 Å². The number of carboxylic acid groups (broad SMARTS) is 2. The molecule has 3 N–H and O–H groups in total. The molecule has 0 amide bonds. The van der Waals surface area contributed by atoms with Crippen LogP contribution < -0.4 is 5.32 Å². The monoisotopic (exact) mass is 315 g/mol. The molecule has 1 heterocycles. The van der Waals surface area contributed by atoms with E-state index in [9.17, 15) is 28.6 Å². The Balaban J connectivity index is 2.36. The first-order valence-corrected chi connectivity index (χ1v) is 7.14. The van der Waals surface area contributed by atoms with Gasteiger partial charge in [0.15, 0.2) is 0 Å². The van der Waals surface area contributed by atoms with Gasteiger partial charge in [-0.2, -0.15) is 0 Å². The van der Waals surface area contributed by atoms with Crippen molar-refractivity contribution in [2.45, 2.75) is 38.7 Å². The van der Waals surface area contributed by atoms with E-state index in [1.807, 2.05) is 0 Å². The first kappa shape index (κ1) is 16.6. The van der Waals surface area contributed by atoms with E-state index in [1.54, 1.807) is 6.92 Å². The number of piperidine rings is 1. The lowest BCUT2D eigenvalue weighted by molar-refractivity contribution is -0.150. The van der Waals surface area contributed by atoms with Crippen molar-refractivity contribution in [1.29, 1.82) is 0 Å². The van der Waals surface area contributed by atoms with E-state index in [0.717, 1.165) is 0 Å². The van der Waals surface area contributed by atoms with Gasteiger partial charge in [-0.1, -0.05) is 11.6 Å². The molecule has 122 valence electrons. The summed E-state index contributed by atoms with van der Waals surface area (Å²) in [5.41, 5.74) is -0.880. The van der Waals surface area contributed by atoms with Gasteiger partial charge < -0.3 is 15.5 Å². The van der Waals surface area contributed by atoms with Crippen molar-refractivity contribution in [2.75, 3.05) is 6.54 Å². The summed E-state index contributed by atoms with van der Waals surface area (Å²) in [6.45, 7) is 1.93. The zero-order chi connectivity index (χ0) is 16.5. The molecule has 1 fully saturated rings. The molecule has 0 saturated carbocycles. The second kappa shape index (κ2) is 6.16. The zero-order valence-electron chi connectivity index (χ0n) is 12.2. The van der Waals surface area contributed by atoms with Crippen LogP contribution in [0.2, 0.25) is 0 Å². The molecule has 2 aliphatic rings. The predicted molar refractivity (Wildman–Crippen MR) is 74.7 cm³/mol. The number of nitrogens with one attached hydrogen (secondary N) is 1. The molecular formula is C15H19F2NO4. The number of carbonyl (C=O) groups is 2. The molecule has 2 rings (SSSR count). The molecule has 0 aromatic rings. The van der Waals surface area contributed by atoms with Gasteiger partial charge in [-0.15, -0.1) is 0 Å². The summed E-state index contributed by atoms with van der Waals surface area (Å²) in [5, 5.41) is 21.6. The van der Waals surface area contributed by atoms with Gasteiger partial charge in [0.1, 0.15) is 0 Å². The van der Waals surface area contributed by atoms with Gasteiger partial charge in [0.25, 0.3) is 6.43 Å². The molecule has 0 radical (unpaired) electrons. The van der Waals surface area contributed by atoms with Crippen LogP contribution in [0.5, 0.6) is 0 Å². The van der Waals surface area contributed by atoms with Gasteiger partial charge in [0.2, 0.25) is 0 Å². The molecule has 1 saturated heterocycles. The summed E-state index contributed by atoms with van der Waals surface area (Å²) in [5.74, 6) is -2.85. The van der Waals surface area contributed by atoms with Crippen LogP contribution in [0.1, 0.15) is 26.2 Å².